The Labute approximate surface area is 221 Å². The second kappa shape index (κ2) is 11.6. The van der Waals surface area contributed by atoms with E-state index in [1.54, 1.807) is 12.1 Å². The van der Waals surface area contributed by atoms with Crippen LogP contribution in [-0.2, 0) is 36.9 Å². The number of ether oxygens (including phenoxy) is 6. The Kier molecular flexibility index (Phi) is 8.01. The lowest BCUT2D eigenvalue weighted by molar-refractivity contribution is -0.384. The number of hydrogen-bond acceptors (Lipinski definition) is 8. The predicted molar refractivity (Wildman–Crippen MR) is 137 cm³/mol. The summed E-state index contributed by atoms with van der Waals surface area (Å²) in [5.41, 5.74) is 2.01. The predicted octanol–water partition coefficient (Wildman–Crippen LogP) is 5.02. The molecule has 9 nitrogen and oxygen atoms in total. The van der Waals surface area contributed by atoms with E-state index in [9.17, 15) is 10.1 Å². The average Bonchev–Trinajstić information content (AvgIpc) is 3.25. The van der Waals surface area contributed by atoms with Crippen molar-refractivity contribution in [3.05, 3.63) is 106 Å². The van der Waals surface area contributed by atoms with Gasteiger partial charge >= 0.3 is 0 Å². The Hall–Kier alpha value is -3.34. The lowest BCUT2D eigenvalue weighted by atomic mass is 9.99. The van der Waals surface area contributed by atoms with Gasteiger partial charge in [0, 0.05) is 12.1 Å². The van der Waals surface area contributed by atoms with Gasteiger partial charge in [0.1, 0.15) is 30.2 Å². The Morgan fingerprint density at radius 1 is 0.842 bits per heavy atom. The lowest BCUT2D eigenvalue weighted by Gasteiger charge is -2.41. The Bertz CT molecular complexity index is 1190. The summed E-state index contributed by atoms with van der Waals surface area (Å²) in [7, 11) is 0. The van der Waals surface area contributed by atoms with Gasteiger partial charge in [-0.3, -0.25) is 10.1 Å². The molecule has 5 rings (SSSR count). The van der Waals surface area contributed by atoms with Crippen LogP contribution in [-0.4, -0.2) is 48.0 Å². The van der Waals surface area contributed by atoms with E-state index in [2.05, 4.69) is 0 Å². The van der Waals surface area contributed by atoms with Gasteiger partial charge in [-0.05, 0) is 37.1 Å². The van der Waals surface area contributed by atoms with Gasteiger partial charge in [0.05, 0.1) is 24.7 Å². The molecule has 0 spiro atoms. The van der Waals surface area contributed by atoms with Crippen LogP contribution in [0.4, 0.5) is 5.69 Å². The molecule has 5 atom stereocenters. The zero-order valence-electron chi connectivity index (χ0n) is 21.3. The topological polar surface area (TPSA) is 98.5 Å². The highest BCUT2D eigenvalue weighted by Crippen LogP contribution is 2.40. The van der Waals surface area contributed by atoms with Crippen LogP contribution in [0, 0.1) is 10.1 Å². The van der Waals surface area contributed by atoms with Crippen molar-refractivity contribution in [2.24, 2.45) is 0 Å². The normalized spacial score (nSPS) is 26.0. The molecule has 38 heavy (non-hydrogen) atoms. The van der Waals surface area contributed by atoms with Crippen LogP contribution in [0.5, 0.6) is 5.75 Å². The maximum Gasteiger partial charge on any atom is 0.269 e. The maximum atomic E-state index is 11.1. The smallest absolute Gasteiger partial charge is 0.269 e. The molecule has 0 aromatic heterocycles. The molecule has 2 aliphatic heterocycles. The maximum absolute atomic E-state index is 11.1. The average molecular weight is 522 g/mol. The Morgan fingerprint density at radius 2 is 1.45 bits per heavy atom. The number of benzene rings is 3. The molecule has 0 N–H and O–H groups in total. The third-order valence-corrected chi connectivity index (χ3v) is 6.41. The molecule has 3 aromatic carbocycles. The summed E-state index contributed by atoms with van der Waals surface area (Å²) in [5.74, 6) is -0.443. The summed E-state index contributed by atoms with van der Waals surface area (Å²) in [6, 6.07) is 25.5. The van der Waals surface area contributed by atoms with Crippen molar-refractivity contribution in [1.82, 2.24) is 0 Å². The fourth-order valence-corrected chi connectivity index (χ4v) is 4.66. The Balaban J connectivity index is 1.36. The van der Waals surface area contributed by atoms with Crippen LogP contribution in [0.15, 0.2) is 84.9 Å². The first kappa shape index (κ1) is 26.3. The van der Waals surface area contributed by atoms with Gasteiger partial charge in [-0.15, -0.1) is 0 Å². The first-order chi connectivity index (χ1) is 18.4. The minimum atomic E-state index is -0.871. The van der Waals surface area contributed by atoms with Gasteiger partial charge in [-0.2, -0.15) is 0 Å². The van der Waals surface area contributed by atoms with Crippen molar-refractivity contribution in [3.63, 3.8) is 0 Å². The molecule has 9 heteroatoms. The van der Waals surface area contributed by atoms with Crippen molar-refractivity contribution < 1.29 is 33.3 Å². The second-order valence-electron chi connectivity index (χ2n) is 9.74. The third kappa shape index (κ3) is 6.38. The second-order valence-corrected chi connectivity index (χ2v) is 9.74. The van der Waals surface area contributed by atoms with E-state index in [0.29, 0.717) is 19.0 Å². The van der Waals surface area contributed by atoms with Crippen LogP contribution in [0.1, 0.15) is 25.0 Å². The van der Waals surface area contributed by atoms with Crippen LogP contribution < -0.4 is 4.74 Å². The number of nitrogens with zero attached hydrogens (tertiary/aromatic N) is 1. The quantitative estimate of drug-likeness (QED) is 0.271. The zero-order valence-corrected chi connectivity index (χ0v) is 21.3. The van der Waals surface area contributed by atoms with E-state index in [1.165, 1.54) is 12.1 Å². The van der Waals surface area contributed by atoms with Crippen LogP contribution in [0.3, 0.4) is 0 Å². The van der Waals surface area contributed by atoms with Crippen molar-refractivity contribution in [2.75, 3.05) is 6.61 Å². The molecule has 200 valence electrons. The van der Waals surface area contributed by atoms with Crippen LogP contribution in [0.25, 0.3) is 0 Å². The van der Waals surface area contributed by atoms with E-state index in [0.717, 1.165) is 11.1 Å². The molecule has 0 amide bonds. The number of non-ortho nitro benzene ring substituents is 1. The number of fused-ring (bicyclic) bond motifs is 1. The summed E-state index contributed by atoms with van der Waals surface area (Å²) in [5, 5.41) is 11.1. The Morgan fingerprint density at radius 3 is 2.08 bits per heavy atom. The summed E-state index contributed by atoms with van der Waals surface area (Å²) in [6.07, 6.45) is -2.94. The molecule has 3 aromatic rings. The number of hydrogen-bond donors (Lipinski definition) is 0. The molecule has 2 heterocycles. The van der Waals surface area contributed by atoms with Gasteiger partial charge in [0.2, 0.25) is 6.29 Å². The molecular weight excluding hydrogens is 490 g/mol. The van der Waals surface area contributed by atoms with Crippen LogP contribution in [0.2, 0.25) is 0 Å². The highest BCUT2D eigenvalue weighted by Gasteiger charge is 2.56. The largest absolute Gasteiger partial charge is 0.462 e. The molecule has 0 bridgehead atoms. The van der Waals surface area contributed by atoms with Gasteiger partial charge in [-0.1, -0.05) is 60.7 Å². The zero-order chi connectivity index (χ0) is 26.5. The van der Waals surface area contributed by atoms with Crippen molar-refractivity contribution in [1.29, 1.82) is 0 Å². The fourth-order valence-electron chi connectivity index (χ4n) is 4.66. The first-order valence-electron chi connectivity index (χ1n) is 12.6. The molecule has 2 aliphatic rings. The van der Waals surface area contributed by atoms with E-state index >= 15 is 0 Å². The van der Waals surface area contributed by atoms with E-state index in [4.69, 9.17) is 28.4 Å². The molecule has 2 fully saturated rings. The van der Waals surface area contributed by atoms with Gasteiger partial charge in [0.15, 0.2) is 5.79 Å². The standard InChI is InChI=1S/C29H31NO8/c1-29(2)37-25-24(19-33-17-20-9-5-3-6-10-20)36-28(35-23-15-13-22(14-16-23)30(31)32)27(26(25)38-29)34-18-21-11-7-4-8-12-21/h3-16,24-28H,17-19H2,1-2H3/t24-,25+,26+,27-,28-/m1/s1. The number of nitro benzene ring substituents is 1. The lowest BCUT2D eigenvalue weighted by Crippen LogP contribution is -2.59. The SMILES string of the molecule is CC1(C)O[C@H]2[C@@H](O1)[C@@H](COCc1ccccc1)O[C@@H](Oc1ccc([N+](=O)[O-])cc1)[C@@H]2OCc1ccccc1. The number of rotatable bonds is 10. The van der Waals surface area contributed by atoms with Gasteiger partial charge in [-0.25, -0.2) is 0 Å². The minimum Gasteiger partial charge on any atom is -0.462 e. The molecule has 0 radical (unpaired) electrons. The molecular formula is C29H31NO8. The van der Waals surface area contributed by atoms with E-state index in [1.807, 2.05) is 74.5 Å². The molecule has 0 unspecified atom stereocenters. The summed E-state index contributed by atoms with van der Waals surface area (Å²) in [6.45, 7) is 4.70. The van der Waals surface area contributed by atoms with Gasteiger partial charge in [0.25, 0.3) is 5.69 Å². The first-order valence-corrected chi connectivity index (χ1v) is 12.6. The molecule has 2 saturated heterocycles. The monoisotopic (exact) mass is 521 g/mol. The van der Waals surface area contributed by atoms with Crippen LogP contribution >= 0.6 is 0 Å². The summed E-state index contributed by atoms with van der Waals surface area (Å²) >= 11 is 0. The summed E-state index contributed by atoms with van der Waals surface area (Å²) < 4.78 is 37.5. The third-order valence-electron chi connectivity index (χ3n) is 6.41. The molecule has 0 saturated carbocycles. The van der Waals surface area contributed by atoms with E-state index < -0.39 is 41.4 Å². The molecule has 0 aliphatic carbocycles. The fraction of sp³-hybridized carbons (Fsp3) is 0.379. The van der Waals surface area contributed by atoms with E-state index in [-0.39, 0.29) is 12.3 Å². The van der Waals surface area contributed by atoms with Crippen molar-refractivity contribution in [2.45, 2.75) is 63.6 Å². The van der Waals surface area contributed by atoms with Crippen molar-refractivity contribution >= 4 is 5.69 Å². The summed E-state index contributed by atoms with van der Waals surface area (Å²) in [4.78, 5) is 10.6. The minimum absolute atomic E-state index is 0.0275. The highest BCUT2D eigenvalue weighted by atomic mass is 16.8. The van der Waals surface area contributed by atoms with Gasteiger partial charge < -0.3 is 28.4 Å². The highest BCUT2D eigenvalue weighted by molar-refractivity contribution is 5.36. The van der Waals surface area contributed by atoms with Crippen molar-refractivity contribution in [3.8, 4) is 5.75 Å². The number of nitro groups is 1.